The molecule has 0 aliphatic carbocycles. The maximum absolute atomic E-state index is 11.2. The molecule has 1 unspecified atom stereocenters. The summed E-state index contributed by atoms with van der Waals surface area (Å²) in [7, 11) is 1.58. The number of nitrogens with one attached hydrogen (secondary N) is 1. The van der Waals surface area contributed by atoms with Crippen molar-refractivity contribution in [3.8, 4) is 0 Å². The third-order valence-corrected chi connectivity index (χ3v) is 3.58. The molecule has 1 rings (SSSR count). The molecular formula is C11H19N3O3S. The van der Waals surface area contributed by atoms with Gasteiger partial charge in [0.25, 0.3) is 0 Å². The van der Waals surface area contributed by atoms with Crippen molar-refractivity contribution >= 4 is 22.6 Å². The first kappa shape index (κ1) is 14.8. The zero-order valence-electron chi connectivity index (χ0n) is 11.0. The van der Waals surface area contributed by atoms with E-state index in [1.54, 1.807) is 7.11 Å². The van der Waals surface area contributed by atoms with Crippen LogP contribution in [0.3, 0.4) is 0 Å². The van der Waals surface area contributed by atoms with Crippen LogP contribution in [0.25, 0.3) is 0 Å². The van der Waals surface area contributed by atoms with Gasteiger partial charge in [0.2, 0.25) is 5.13 Å². The minimum Gasteiger partial charge on any atom is -0.480 e. The second kappa shape index (κ2) is 6.65. The van der Waals surface area contributed by atoms with Crippen LogP contribution < -0.4 is 5.32 Å². The molecule has 18 heavy (non-hydrogen) atoms. The molecule has 2 N–H and O–H groups in total. The molecular weight excluding hydrogens is 254 g/mol. The van der Waals surface area contributed by atoms with E-state index < -0.39 is 12.0 Å². The lowest BCUT2D eigenvalue weighted by molar-refractivity contribution is -0.139. The lowest BCUT2D eigenvalue weighted by Crippen LogP contribution is -2.35. The number of carboxylic acid groups (broad SMARTS) is 1. The first-order valence-electron chi connectivity index (χ1n) is 5.85. The number of carboxylic acids is 1. The van der Waals surface area contributed by atoms with Crippen LogP contribution in [-0.4, -0.2) is 33.6 Å². The van der Waals surface area contributed by atoms with E-state index >= 15 is 0 Å². The van der Waals surface area contributed by atoms with Crippen molar-refractivity contribution in [2.75, 3.05) is 12.4 Å². The average Bonchev–Trinajstić information content (AvgIpc) is 2.82. The highest BCUT2D eigenvalue weighted by molar-refractivity contribution is 7.09. The fraction of sp³-hybridized carbons (Fsp3) is 0.727. The second-order valence-corrected chi connectivity index (χ2v) is 4.93. The molecule has 0 saturated heterocycles. The molecule has 0 aliphatic heterocycles. The summed E-state index contributed by atoms with van der Waals surface area (Å²) in [5.74, 6) is -0.283. The molecule has 1 aromatic heterocycles. The Morgan fingerprint density at radius 2 is 2.22 bits per heavy atom. The number of aliphatic carboxylic acids is 1. The fourth-order valence-electron chi connectivity index (χ4n) is 1.38. The molecule has 102 valence electrons. The van der Waals surface area contributed by atoms with Crippen molar-refractivity contribution in [2.45, 2.75) is 39.3 Å². The topological polar surface area (TPSA) is 84.3 Å². The van der Waals surface area contributed by atoms with Crippen molar-refractivity contribution in [3.63, 3.8) is 0 Å². The van der Waals surface area contributed by atoms with Crippen molar-refractivity contribution in [2.24, 2.45) is 5.92 Å². The van der Waals surface area contributed by atoms with Gasteiger partial charge in [-0.25, -0.2) is 9.78 Å². The van der Waals surface area contributed by atoms with Gasteiger partial charge in [0, 0.05) is 18.6 Å². The van der Waals surface area contributed by atoms with Gasteiger partial charge < -0.3 is 15.2 Å². The van der Waals surface area contributed by atoms with Crippen LogP contribution in [0.5, 0.6) is 0 Å². The Kier molecular flexibility index (Phi) is 5.49. The van der Waals surface area contributed by atoms with Crippen molar-refractivity contribution in [3.05, 3.63) is 5.82 Å². The Hall–Kier alpha value is -1.21. The standard InChI is InChI=1S/C11H19N3O3S/c1-5-6(2)8(10(15)16)12-11-13-9(14-18-11)7(3)17-4/h6-8H,5H2,1-4H3,(H,15,16)(H,12,13,14)/t6-,7?,8-/m0/s1. The summed E-state index contributed by atoms with van der Waals surface area (Å²) < 4.78 is 9.24. The molecule has 0 spiro atoms. The Morgan fingerprint density at radius 3 is 2.72 bits per heavy atom. The number of rotatable bonds is 7. The van der Waals surface area contributed by atoms with Gasteiger partial charge >= 0.3 is 5.97 Å². The van der Waals surface area contributed by atoms with E-state index in [-0.39, 0.29) is 12.0 Å². The maximum atomic E-state index is 11.2. The van der Waals surface area contributed by atoms with Crippen molar-refractivity contribution in [1.29, 1.82) is 0 Å². The highest BCUT2D eigenvalue weighted by Gasteiger charge is 2.24. The van der Waals surface area contributed by atoms with Crippen molar-refractivity contribution < 1.29 is 14.6 Å². The van der Waals surface area contributed by atoms with E-state index in [0.717, 1.165) is 18.0 Å². The molecule has 0 fully saturated rings. The highest BCUT2D eigenvalue weighted by Crippen LogP contribution is 2.21. The Bertz CT molecular complexity index is 397. The fourth-order valence-corrected chi connectivity index (χ4v) is 2.06. The number of nitrogens with zero attached hydrogens (tertiary/aromatic N) is 2. The first-order chi connectivity index (χ1) is 8.49. The van der Waals surface area contributed by atoms with E-state index in [4.69, 9.17) is 9.84 Å². The minimum absolute atomic E-state index is 0.0229. The first-order valence-corrected chi connectivity index (χ1v) is 6.62. The molecule has 0 radical (unpaired) electrons. The van der Waals surface area contributed by atoms with E-state index in [1.807, 2.05) is 20.8 Å². The van der Waals surface area contributed by atoms with Crippen LogP contribution in [0.2, 0.25) is 0 Å². The Morgan fingerprint density at radius 1 is 1.56 bits per heavy atom. The van der Waals surface area contributed by atoms with Gasteiger partial charge in [-0.2, -0.15) is 4.37 Å². The molecule has 6 nitrogen and oxygen atoms in total. The van der Waals surface area contributed by atoms with Gasteiger partial charge in [0.15, 0.2) is 5.82 Å². The maximum Gasteiger partial charge on any atom is 0.326 e. The van der Waals surface area contributed by atoms with Gasteiger partial charge in [-0.3, -0.25) is 0 Å². The molecule has 1 heterocycles. The lowest BCUT2D eigenvalue weighted by atomic mass is 10.00. The zero-order chi connectivity index (χ0) is 13.7. The molecule has 1 aromatic rings. The van der Waals surface area contributed by atoms with E-state index in [1.165, 1.54) is 0 Å². The summed E-state index contributed by atoms with van der Waals surface area (Å²) >= 11 is 1.15. The number of methoxy groups -OCH3 is 1. The average molecular weight is 273 g/mol. The van der Waals surface area contributed by atoms with Crippen LogP contribution in [0.15, 0.2) is 0 Å². The number of aromatic nitrogens is 2. The predicted molar refractivity (Wildman–Crippen MR) is 69.8 cm³/mol. The summed E-state index contributed by atoms with van der Waals surface area (Å²) in [5, 5.41) is 12.6. The van der Waals surface area contributed by atoms with Crippen LogP contribution in [0.4, 0.5) is 5.13 Å². The largest absolute Gasteiger partial charge is 0.480 e. The summed E-state index contributed by atoms with van der Waals surface area (Å²) in [6.45, 7) is 5.70. The van der Waals surface area contributed by atoms with Crippen LogP contribution in [-0.2, 0) is 9.53 Å². The summed E-state index contributed by atoms with van der Waals surface area (Å²) in [6, 6.07) is -0.645. The molecule has 0 amide bonds. The SMILES string of the molecule is CC[C@H](C)[C@H](Nc1nc(C(C)OC)ns1)C(=O)O. The number of ether oxygens (including phenoxy) is 1. The summed E-state index contributed by atoms with van der Waals surface area (Å²) in [5.41, 5.74) is 0. The Balaban J connectivity index is 2.75. The summed E-state index contributed by atoms with van der Waals surface area (Å²) in [6.07, 6.45) is 0.591. The molecule has 7 heteroatoms. The minimum atomic E-state index is -0.874. The molecule has 0 saturated carbocycles. The van der Waals surface area contributed by atoms with E-state index in [2.05, 4.69) is 14.7 Å². The van der Waals surface area contributed by atoms with Crippen molar-refractivity contribution in [1.82, 2.24) is 9.36 Å². The number of hydrogen-bond donors (Lipinski definition) is 2. The quantitative estimate of drug-likeness (QED) is 0.792. The van der Waals surface area contributed by atoms with Crippen LogP contribution in [0.1, 0.15) is 39.1 Å². The molecule has 3 atom stereocenters. The van der Waals surface area contributed by atoms with E-state index in [0.29, 0.717) is 11.0 Å². The molecule has 0 aromatic carbocycles. The number of anilines is 1. The smallest absolute Gasteiger partial charge is 0.326 e. The lowest BCUT2D eigenvalue weighted by Gasteiger charge is -2.19. The number of carbonyl (C=O) groups is 1. The molecule has 0 aliphatic rings. The van der Waals surface area contributed by atoms with Crippen LogP contribution in [0, 0.1) is 5.92 Å². The van der Waals surface area contributed by atoms with Gasteiger partial charge in [-0.05, 0) is 12.8 Å². The third kappa shape index (κ3) is 3.64. The van der Waals surface area contributed by atoms with Gasteiger partial charge in [-0.1, -0.05) is 20.3 Å². The monoisotopic (exact) mass is 273 g/mol. The van der Waals surface area contributed by atoms with Crippen LogP contribution >= 0.6 is 11.5 Å². The molecule has 0 bridgehead atoms. The van der Waals surface area contributed by atoms with Gasteiger partial charge in [-0.15, -0.1) is 0 Å². The predicted octanol–water partition coefficient (Wildman–Crippen LogP) is 2.16. The second-order valence-electron chi connectivity index (χ2n) is 4.18. The van der Waals surface area contributed by atoms with Gasteiger partial charge in [0.1, 0.15) is 12.1 Å². The summed E-state index contributed by atoms with van der Waals surface area (Å²) in [4.78, 5) is 15.4. The zero-order valence-corrected chi connectivity index (χ0v) is 11.8. The third-order valence-electron chi connectivity index (χ3n) is 2.92. The Labute approximate surface area is 111 Å². The highest BCUT2D eigenvalue weighted by atomic mass is 32.1. The number of hydrogen-bond acceptors (Lipinski definition) is 6. The van der Waals surface area contributed by atoms with Gasteiger partial charge in [0.05, 0.1) is 0 Å². The van der Waals surface area contributed by atoms with E-state index in [9.17, 15) is 4.79 Å². The normalized spacial score (nSPS) is 16.0.